The monoisotopic (exact) mass is 324 g/mol. The average Bonchev–Trinajstić information content (AvgIpc) is 2.52. The highest BCUT2D eigenvalue weighted by molar-refractivity contribution is 5.79. The van der Waals surface area contributed by atoms with Crippen molar-refractivity contribution in [3.8, 4) is 5.75 Å². The molecule has 1 atom stereocenters. The minimum atomic E-state index is -0.438. The quantitative estimate of drug-likeness (QED) is 0.720. The lowest BCUT2D eigenvalue weighted by atomic mass is 10.2. The number of nitrogens with one attached hydrogen (secondary N) is 2. The number of carbonyl (C=O) groups is 2. The maximum atomic E-state index is 13.7. The molecule has 1 aliphatic heterocycles. The fraction of sp³-hybridized carbons (Fsp3) is 0.500. The Morgan fingerprint density at radius 2 is 2.26 bits per heavy atom. The number of methoxy groups -OCH3 is 1. The third-order valence-corrected chi connectivity index (χ3v) is 3.94. The summed E-state index contributed by atoms with van der Waals surface area (Å²) < 4.78 is 18.6. The van der Waals surface area contributed by atoms with E-state index >= 15 is 0 Å². The van der Waals surface area contributed by atoms with E-state index in [9.17, 15) is 14.0 Å². The number of likely N-dealkylation sites (N-methyl/N-ethyl adjacent to an activating group) is 1. The number of hydrogen-bond donors (Lipinski definition) is 2. The second-order valence-electron chi connectivity index (χ2n) is 5.58. The second-order valence-corrected chi connectivity index (χ2v) is 5.58. The van der Waals surface area contributed by atoms with Crippen LogP contribution in [0.5, 0.6) is 5.75 Å². The number of piperazine rings is 1. The molecule has 7 heteroatoms. The van der Waals surface area contributed by atoms with Gasteiger partial charge in [0.05, 0.1) is 20.2 Å². The SMILES string of the molecule is CCN(Cc1ccc(OC)c(F)c1)C(=O)C[NH+]1CCNC(=O)C1. The summed E-state index contributed by atoms with van der Waals surface area (Å²) in [4.78, 5) is 26.4. The van der Waals surface area contributed by atoms with Gasteiger partial charge in [-0.15, -0.1) is 0 Å². The molecule has 0 aliphatic carbocycles. The first-order chi connectivity index (χ1) is 11.0. The van der Waals surface area contributed by atoms with Gasteiger partial charge in [0.15, 0.2) is 24.7 Å². The lowest BCUT2D eigenvalue weighted by molar-refractivity contribution is -0.885. The van der Waals surface area contributed by atoms with Crippen molar-refractivity contribution in [2.75, 3.05) is 39.8 Å². The van der Waals surface area contributed by atoms with Crippen molar-refractivity contribution in [3.63, 3.8) is 0 Å². The van der Waals surface area contributed by atoms with Crippen LogP contribution in [0, 0.1) is 5.82 Å². The van der Waals surface area contributed by atoms with E-state index < -0.39 is 5.82 Å². The molecule has 2 rings (SSSR count). The van der Waals surface area contributed by atoms with E-state index in [4.69, 9.17) is 4.74 Å². The minimum Gasteiger partial charge on any atom is -0.494 e. The first-order valence-electron chi connectivity index (χ1n) is 7.74. The molecule has 1 heterocycles. The molecule has 0 aromatic heterocycles. The van der Waals surface area contributed by atoms with E-state index in [1.807, 2.05) is 6.92 Å². The smallest absolute Gasteiger partial charge is 0.278 e. The maximum absolute atomic E-state index is 13.7. The molecule has 1 unspecified atom stereocenters. The first kappa shape index (κ1) is 17.2. The number of benzene rings is 1. The molecule has 1 aromatic carbocycles. The highest BCUT2D eigenvalue weighted by atomic mass is 19.1. The van der Waals surface area contributed by atoms with Crippen LogP contribution in [0.25, 0.3) is 0 Å². The molecule has 126 valence electrons. The number of carbonyl (C=O) groups excluding carboxylic acids is 2. The molecule has 0 radical (unpaired) electrons. The average molecular weight is 324 g/mol. The van der Waals surface area contributed by atoms with Crippen LogP contribution < -0.4 is 15.0 Å². The summed E-state index contributed by atoms with van der Waals surface area (Å²) in [6.07, 6.45) is 0. The lowest BCUT2D eigenvalue weighted by Gasteiger charge is -2.26. The van der Waals surface area contributed by atoms with Gasteiger partial charge in [-0.1, -0.05) is 6.07 Å². The third-order valence-electron chi connectivity index (χ3n) is 3.94. The minimum absolute atomic E-state index is 0.0284. The summed E-state index contributed by atoms with van der Waals surface area (Å²) in [5.74, 6) is -0.313. The fourth-order valence-electron chi connectivity index (χ4n) is 2.64. The number of rotatable bonds is 6. The van der Waals surface area contributed by atoms with Gasteiger partial charge in [-0.2, -0.15) is 0 Å². The van der Waals surface area contributed by atoms with E-state index in [1.165, 1.54) is 13.2 Å². The van der Waals surface area contributed by atoms with Crippen LogP contribution in [-0.2, 0) is 16.1 Å². The predicted molar refractivity (Wildman–Crippen MR) is 82.6 cm³/mol. The van der Waals surface area contributed by atoms with Gasteiger partial charge in [0.25, 0.3) is 11.8 Å². The molecule has 1 saturated heterocycles. The molecule has 23 heavy (non-hydrogen) atoms. The molecule has 6 nitrogen and oxygen atoms in total. The van der Waals surface area contributed by atoms with E-state index in [2.05, 4.69) is 5.32 Å². The van der Waals surface area contributed by atoms with Crippen molar-refractivity contribution >= 4 is 11.8 Å². The molecular weight excluding hydrogens is 301 g/mol. The molecule has 1 aromatic rings. The lowest BCUT2D eigenvalue weighted by Crippen LogP contribution is -3.16. The number of quaternary nitrogens is 1. The Balaban J connectivity index is 1.97. The Kier molecular flexibility index (Phi) is 5.92. The molecular formula is C16H23FN3O3+. The summed E-state index contributed by atoms with van der Waals surface area (Å²) >= 11 is 0. The Bertz CT molecular complexity index is 580. The number of amides is 2. The predicted octanol–water partition coefficient (Wildman–Crippen LogP) is -0.802. The van der Waals surface area contributed by atoms with Gasteiger partial charge in [0.1, 0.15) is 0 Å². The van der Waals surface area contributed by atoms with E-state index in [-0.39, 0.29) is 24.1 Å². The molecule has 0 bridgehead atoms. The number of halogens is 1. The first-order valence-corrected chi connectivity index (χ1v) is 7.74. The van der Waals surface area contributed by atoms with Gasteiger partial charge in [0, 0.05) is 13.1 Å². The number of nitrogens with zero attached hydrogens (tertiary/aromatic N) is 1. The third kappa shape index (κ3) is 4.66. The van der Waals surface area contributed by atoms with Crippen LogP contribution >= 0.6 is 0 Å². The van der Waals surface area contributed by atoms with Crippen LogP contribution in [0.2, 0.25) is 0 Å². The topological polar surface area (TPSA) is 63.1 Å². The summed E-state index contributed by atoms with van der Waals surface area (Å²) in [5, 5.41) is 2.75. The number of hydrogen-bond acceptors (Lipinski definition) is 3. The highest BCUT2D eigenvalue weighted by Crippen LogP contribution is 2.18. The van der Waals surface area contributed by atoms with Crippen molar-refractivity contribution in [3.05, 3.63) is 29.6 Å². The van der Waals surface area contributed by atoms with E-state index in [1.54, 1.807) is 17.0 Å². The van der Waals surface area contributed by atoms with Gasteiger partial charge in [-0.3, -0.25) is 9.59 Å². The van der Waals surface area contributed by atoms with Crippen LogP contribution in [0.3, 0.4) is 0 Å². The summed E-state index contributed by atoms with van der Waals surface area (Å²) in [5.41, 5.74) is 0.713. The van der Waals surface area contributed by atoms with Crippen molar-refractivity contribution in [1.29, 1.82) is 0 Å². The molecule has 2 amide bonds. The molecule has 0 saturated carbocycles. The van der Waals surface area contributed by atoms with Gasteiger partial charge in [0.2, 0.25) is 0 Å². The van der Waals surface area contributed by atoms with Crippen LogP contribution in [0.1, 0.15) is 12.5 Å². The standard InChI is InChI=1S/C16H22FN3O3/c1-3-20(9-12-4-5-14(23-2)13(17)8-12)16(22)11-19-7-6-18-15(21)10-19/h4-5,8H,3,6-7,9-11H2,1-2H3,(H,18,21)/p+1. The molecule has 2 N–H and O–H groups in total. The summed E-state index contributed by atoms with van der Waals surface area (Å²) in [7, 11) is 1.41. The Morgan fingerprint density at radius 3 is 2.87 bits per heavy atom. The van der Waals surface area contributed by atoms with Crippen LogP contribution in [0.15, 0.2) is 18.2 Å². The highest BCUT2D eigenvalue weighted by Gasteiger charge is 2.24. The van der Waals surface area contributed by atoms with Gasteiger partial charge >= 0.3 is 0 Å². The van der Waals surface area contributed by atoms with Crippen molar-refractivity contribution < 1.29 is 23.6 Å². The van der Waals surface area contributed by atoms with Crippen molar-refractivity contribution in [1.82, 2.24) is 10.2 Å². The van der Waals surface area contributed by atoms with Gasteiger partial charge in [-0.05, 0) is 24.6 Å². The zero-order valence-corrected chi connectivity index (χ0v) is 13.5. The fourth-order valence-corrected chi connectivity index (χ4v) is 2.64. The van der Waals surface area contributed by atoms with E-state index in [0.29, 0.717) is 31.7 Å². The molecule has 1 aliphatic rings. The Labute approximate surface area is 135 Å². The summed E-state index contributed by atoms with van der Waals surface area (Å²) in [6.45, 7) is 4.70. The summed E-state index contributed by atoms with van der Waals surface area (Å²) in [6, 6.07) is 4.69. The van der Waals surface area contributed by atoms with Gasteiger partial charge in [-0.25, -0.2) is 4.39 Å². The Hall–Kier alpha value is -2.15. The van der Waals surface area contributed by atoms with Gasteiger partial charge < -0.3 is 19.9 Å². The van der Waals surface area contributed by atoms with E-state index in [0.717, 1.165) is 11.4 Å². The zero-order valence-electron chi connectivity index (χ0n) is 13.5. The van der Waals surface area contributed by atoms with Crippen molar-refractivity contribution in [2.24, 2.45) is 0 Å². The second kappa shape index (κ2) is 7.92. The zero-order chi connectivity index (χ0) is 16.8. The van der Waals surface area contributed by atoms with Crippen LogP contribution in [0.4, 0.5) is 4.39 Å². The molecule has 1 fully saturated rings. The largest absolute Gasteiger partial charge is 0.494 e. The number of ether oxygens (including phenoxy) is 1. The maximum Gasteiger partial charge on any atom is 0.278 e. The van der Waals surface area contributed by atoms with Crippen LogP contribution in [-0.4, -0.2) is 56.5 Å². The Morgan fingerprint density at radius 1 is 1.48 bits per heavy atom. The molecule has 0 spiro atoms. The van der Waals surface area contributed by atoms with Crippen molar-refractivity contribution in [2.45, 2.75) is 13.5 Å². The normalized spacial score (nSPS) is 17.5.